The predicted molar refractivity (Wildman–Crippen MR) is 170 cm³/mol. The first-order valence-corrected chi connectivity index (χ1v) is 15.5. The van der Waals surface area contributed by atoms with Gasteiger partial charge in [0.1, 0.15) is 5.82 Å². The minimum absolute atomic E-state index is 0.143. The van der Waals surface area contributed by atoms with Gasteiger partial charge < -0.3 is 23.8 Å². The molecule has 2 aromatic heterocycles. The third kappa shape index (κ3) is 6.27. The van der Waals surface area contributed by atoms with Crippen molar-refractivity contribution in [3.05, 3.63) is 78.5 Å². The highest BCUT2D eigenvalue weighted by atomic mass is 32.2. The third-order valence-electron chi connectivity index (χ3n) is 7.24. The lowest BCUT2D eigenvalue weighted by Gasteiger charge is -2.22. The molecular weight excluding hydrogens is 582 g/mol. The van der Waals surface area contributed by atoms with Gasteiger partial charge in [0, 0.05) is 45.0 Å². The molecule has 0 atom stereocenters. The number of fused-ring (bicyclic) bond motifs is 1. The first kappa shape index (κ1) is 30.3. The second kappa shape index (κ2) is 12.2. The number of rotatable bonds is 10. The lowest BCUT2D eigenvalue weighted by atomic mass is 10.1. The lowest BCUT2D eigenvalue weighted by Crippen LogP contribution is -2.17. The third-order valence-corrected chi connectivity index (χ3v) is 8.37. The molecule has 0 unspecified atom stereocenters. The topological polar surface area (TPSA) is 132 Å². The SMILES string of the molecule is COc1ccc(CC(=O)Nc2nc3cc(N(C)c4ccnc(N(C)c5ccc(S(C)(=O)=O)cc5)n4)ccc3n2C)cc1OC. The van der Waals surface area contributed by atoms with E-state index in [-0.39, 0.29) is 17.2 Å². The summed E-state index contributed by atoms with van der Waals surface area (Å²) in [5, 5.41) is 2.91. The molecule has 0 aliphatic carbocycles. The van der Waals surface area contributed by atoms with E-state index in [0.717, 1.165) is 22.5 Å². The maximum atomic E-state index is 12.9. The fourth-order valence-corrected chi connectivity index (χ4v) is 5.34. The van der Waals surface area contributed by atoms with Crippen molar-refractivity contribution in [2.75, 3.05) is 49.7 Å². The fraction of sp³-hybridized carbons (Fsp3) is 0.226. The molecule has 3 aromatic carbocycles. The Hall–Kier alpha value is -5.17. The molecule has 0 saturated carbocycles. The Morgan fingerprint density at radius 3 is 2.27 bits per heavy atom. The molecule has 1 amide bonds. The van der Waals surface area contributed by atoms with Gasteiger partial charge in [0.05, 0.1) is 36.6 Å². The standard InChI is InChI=1S/C31H33N7O5S/c1-36(28-15-16-32-30(34-28)37(2)21-8-11-23(12-9-21)44(6,40)41)22-10-13-25-24(19-22)33-31(38(25)3)35-29(39)18-20-7-14-26(42-4)27(17-20)43-5/h7-17,19H,18H2,1-6H3,(H,33,35,39). The molecule has 0 bridgehead atoms. The van der Waals surface area contributed by atoms with Crippen molar-refractivity contribution in [2.24, 2.45) is 7.05 Å². The summed E-state index contributed by atoms with van der Waals surface area (Å²) in [6.45, 7) is 0. The number of methoxy groups -OCH3 is 2. The smallest absolute Gasteiger partial charge is 0.231 e. The number of carbonyl (C=O) groups is 1. The Balaban J connectivity index is 1.33. The van der Waals surface area contributed by atoms with Gasteiger partial charge in [-0.15, -0.1) is 0 Å². The van der Waals surface area contributed by atoms with E-state index in [0.29, 0.717) is 34.7 Å². The summed E-state index contributed by atoms with van der Waals surface area (Å²) < 4.78 is 36.1. The van der Waals surface area contributed by atoms with Crippen molar-refractivity contribution in [3.8, 4) is 11.5 Å². The van der Waals surface area contributed by atoms with E-state index in [1.165, 1.54) is 6.26 Å². The number of aryl methyl sites for hydroxylation is 1. The van der Waals surface area contributed by atoms with Gasteiger partial charge in [-0.1, -0.05) is 6.07 Å². The number of hydrogen-bond donors (Lipinski definition) is 1. The summed E-state index contributed by atoms with van der Waals surface area (Å²) in [5.41, 5.74) is 3.92. The van der Waals surface area contributed by atoms with E-state index < -0.39 is 9.84 Å². The van der Waals surface area contributed by atoms with Crippen molar-refractivity contribution >= 4 is 55.9 Å². The molecule has 0 aliphatic heterocycles. The zero-order valence-electron chi connectivity index (χ0n) is 25.3. The van der Waals surface area contributed by atoms with Crippen LogP contribution in [0.1, 0.15) is 5.56 Å². The molecule has 0 saturated heterocycles. The quantitative estimate of drug-likeness (QED) is 0.240. The van der Waals surface area contributed by atoms with Crippen molar-refractivity contribution < 1.29 is 22.7 Å². The predicted octanol–water partition coefficient (Wildman–Crippen LogP) is 4.50. The number of anilines is 5. The molecular formula is C31H33N7O5S. The van der Waals surface area contributed by atoms with E-state index in [1.807, 2.05) is 54.9 Å². The van der Waals surface area contributed by atoms with Gasteiger partial charge in [-0.2, -0.15) is 4.98 Å². The average molecular weight is 616 g/mol. The highest BCUT2D eigenvalue weighted by Crippen LogP contribution is 2.30. The molecule has 2 heterocycles. The van der Waals surface area contributed by atoms with Gasteiger partial charge >= 0.3 is 0 Å². The van der Waals surface area contributed by atoms with Crippen molar-refractivity contribution in [2.45, 2.75) is 11.3 Å². The minimum atomic E-state index is -3.29. The Morgan fingerprint density at radius 2 is 1.59 bits per heavy atom. The number of carbonyl (C=O) groups excluding carboxylic acids is 1. The molecule has 228 valence electrons. The van der Waals surface area contributed by atoms with E-state index in [4.69, 9.17) is 14.5 Å². The largest absolute Gasteiger partial charge is 0.493 e. The van der Waals surface area contributed by atoms with Crippen LogP contribution in [0, 0.1) is 0 Å². The number of nitrogens with zero attached hydrogens (tertiary/aromatic N) is 6. The number of imidazole rings is 1. The second-order valence-corrected chi connectivity index (χ2v) is 12.2. The summed E-state index contributed by atoms with van der Waals surface area (Å²) in [4.78, 5) is 30.6. The summed E-state index contributed by atoms with van der Waals surface area (Å²) in [5.74, 6) is 2.46. The van der Waals surface area contributed by atoms with Crippen molar-refractivity contribution in [1.82, 2.24) is 19.5 Å². The van der Waals surface area contributed by atoms with Crippen molar-refractivity contribution in [1.29, 1.82) is 0 Å². The van der Waals surface area contributed by atoms with Crippen LogP contribution in [0.4, 0.5) is 29.1 Å². The highest BCUT2D eigenvalue weighted by molar-refractivity contribution is 7.90. The monoisotopic (exact) mass is 615 g/mol. The van der Waals surface area contributed by atoms with Crippen molar-refractivity contribution in [3.63, 3.8) is 0 Å². The number of sulfone groups is 1. The van der Waals surface area contributed by atoms with Crippen LogP contribution in [0.25, 0.3) is 11.0 Å². The van der Waals surface area contributed by atoms with Crippen LogP contribution >= 0.6 is 0 Å². The van der Waals surface area contributed by atoms with Crippen LogP contribution in [0.15, 0.2) is 77.8 Å². The molecule has 5 aromatic rings. The highest BCUT2D eigenvalue weighted by Gasteiger charge is 2.16. The summed E-state index contributed by atoms with van der Waals surface area (Å²) in [7, 11) is 5.38. The summed E-state index contributed by atoms with van der Waals surface area (Å²) in [6, 6.07) is 19.5. The molecule has 0 radical (unpaired) electrons. The van der Waals surface area contributed by atoms with Gasteiger partial charge in [0.25, 0.3) is 0 Å². The first-order valence-electron chi connectivity index (χ1n) is 13.6. The molecule has 5 rings (SSSR count). The molecule has 12 nitrogen and oxygen atoms in total. The Labute approximate surface area is 255 Å². The number of hydrogen-bond acceptors (Lipinski definition) is 10. The van der Waals surface area contributed by atoms with E-state index >= 15 is 0 Å². The molecule has 0 fully saturated rings. The van der Waals surface area contributed by atoms with Gasteiger partial charge in [-0.3, -0.25) is 10.1 Å². The van der Waals surface area contributed by atoms with Crippen LogP contribution < -0.4 is 24.6 Å². The van der Waals surface area contributed by atoms with Crippen LogP contribution in [0.5, 0.6) is 11.5 Å². The zero-order chi connectivity index (χ0) is 31.6. The number of amides is 1. The van der Waals surface area contributed by atoms with Crippen LogP contribution in [-0.2, 0) is 28.1 Å². The molecule has 0 aliphatic rings. The van der Waals surface area contributed by atoms with Gasteiger partial charge in [0.15, 0.2) is 21.3 Å². The van der Waals surface area contributed by atoms with Gasteiger partial charge in [0.2, 0.25) is 17.8 Å². The normalized spacial score (nSPS) is 11.3. The molecule has 13 heteroatoms. The molecule has 1 N–H and O–H groups in total. The van der Waals surface area contributed by atoms with Crippen LogP contribution in [-0.4, -0.2) is 68.4 Å². The Kier molecular flexibility index (Phi) is 8.41. The minimum Gasteiger partial charge on any atom is -0.493 e. The number of ether oxygens (including phenoxy) is 2. The summed E-state index contributed by atoms with van der Waals surface area (Å²) in [6.07, 6.45) is 2.99. The second-order valence-electron chi connectivity index (χ2n) is 10.2. The maximum absolute atomic E-state index is 12.9. The number of nitrogens with one attached hydrogen (secondary N) is 1. The van der Waals surface area contributed by atoms with E-state index in [1.54, 1.807) is 67.8 Å². The van der Waals surface area contributed by atoms with Crippen LogP contribution in [0.3, 0.4) is 0 Å². The lowest BCUT2D eigenvalue weighted by molar-refractivity contribution is -0.115. The zero-order valence-corrected chi connectivity index (χ0v) is 26.1. The van der Waals surface area contributed by atoms with E-state index in [2.05, 4.69) is 15.3 Å². The molecule has 44 heavy (non-hydrogen) atoms. The van der Waals surface area contributed by atoms with Gasteiger partial charge in [-0.05, 0) is 66.2 Å². The number of aromatic nitrogens is 4. The van der Waals surface area contributed by atoms with E-state index in [9.17, 15) is 13.2 Å². The van der Waals surface area contributed by atoms with Gasteiger partial charge in [-0.25, -0.2) is 18.4 Å². The first-order chi connectivity index (χ1) is 21.0. The fourth-order valence-electron chi connectivity index (χ4n) is 4.71. The molecule has 0 spiro atoms. The maximum Gasteiger partial charge on any atom is 0.231 e. The summed E-state index contributed by atoms with van der Waals surface area (Å²) >= 11 is 0. The van der Waals surface area contributed by atoms with Crippen LogP contribution in [0.2, 0.25) is 0 Å². The average Bonchev–Trinajstić information content (AvgIpc) is 3.33. The number of benzene rings is 3. The Morgan fingerprint density at radius 1 is 0.886 bits per heavy atom. The Bertz CT molecular complexity index is 1940.